The van der Waals surface area contributed by atoms with Crippen LogP contribution in [0, 0.1) is 0 Å². The Morgan fingerprint density at radius 2 is 2.00 bits per heavy atom. The van der Waals surface area contributed by atoms with Crippen molar-refractivity contribution < 1.29 is 23.8 Å². The monoisotopic (exact) mass is 399 g/mol. The van der Waals surface area contributed by atoms with E-state index in [9.17, 15) is 14.7 Å². The minimum atomic E-state index is -0.990. The normalized spacial score (nSPS) is 15.9. The Hall–Kier alpha value is -2.64. The van der Waals surface area contributed by atoms with Crippen molar-refractivity contribution in [2.75, 3.05) is 13.2 Å². The largest absolute Gasteiger partial charge is 0.464 e. The van der Waals surface area contributed by atoms with Crippen LogP contribution >= 0.6 is 0 Å². The highest BCUT2D eigenvalue weighted by atomic mass is 16.4. The summed E-state index contributed by atoms with van der Waals surface area (Å²) >= 11 is 0. The number of fused-ring (bicyclic) bond motifs is 2. The highest BCUT2D eigenvalue weighted by Crippen LogP contribution is 2.39. The number of rotatable bonds is 7. The first-order valence-corrected chi connectivity index (χ1v) is 10.1. The van der Waals surface area contributed by atoms with Crippen molar-refractivity contribution >= 4 is 27.8 Å². The molecule has 0 saturated heterocycles. The van der Waals surface area contributed by atoms with Gasteiger partial charge in [0.25, 0.3) is 0 Å². The molecule has 3 N–H and O–H groups in total. The van der Waals surface area contributed by atoms with E-state index in [4.69, 9.17) is 13.9 Å². The molecule has 1 aliphatic rings. The van der Waals surface area contributed by atoms with E-state index >= 15 is 0 Å². The summed E-state index contributed by atoms with van der Waals surface area (Å²) in [5.74, 6) is 0.215. The van der Waals surface area contributed by atoms with Crippen molar-refractivity contribution in [3.63, 3.8) is 0 Å². The summed E-state index contributed by atoms with van der Waals surface area (Å²) in [4.78, 5) is 24.2. The van der Waals surface area contributed by atoms with Gasteiger partial charge in [0.1, 0.15) is 11.2 Å². The van der Waals surface area contributed by atoms with Crippen LogP contribution in [0.2, 0.25) is 0 Å². The zero-order valence-electron chi connectivity index (χ0n) is 16.1. The van der Waals surface area contributed by atoms with Crippen LogP contribution in [-0.2, 0) is 11.2 Å². The van der Waals surface area contributed by atoms with Gasteiger partial charge in [-0.05, 0) is 37.3 Å². The van der Waals surface area contributed by atoms with Gasteiger partial charge >= 0.3 is 5.63 Å². The second-order valence-electron chi connectivity index (χ2n) is 7.76. The van der Waals surface area contributed by atoms with E-state index in [1.807, 2.05) is 12.3 Å². The predicted octanol–water partition coefficient (Wildman–Crippen LogP) is 2.60. The van der Waals surface area contributed by atoms with Gasteiger partial charge in [-0.25, -0.2) is 4.79 Å². The smallest absolute Gasteiger partial charge is 0.339 e. The molecule has 2 aromatic heterocycles. The molecule has 1 amide bonds. The van der Waals surface area contributed by atoms with Gasteiger partial charge in [-0.1, -0.05) is 12.8 Å². The van der Waals surface area contributed by atoms with Gasteiger partial charge < -0.3 is 24.4 Å². The van der Waals surface area contributed by atoms with Crippen molar-refractivity contribution in [1.82, 2.24) is 5.32 Å². The first-order valence-electron chi connectivity index (χ1n) is 10.1. The van der Waals surface area contributed by atoms with Gasteiger partial charge in [0.05, 0.1) is 19.0 Å². The Labute approximate surface area is 167 Å². The van der Waals surface area contributed by atoms with Crippen LogP contribution < -0.4 is 10.9 Å². The second-order valence-corrected chi connectivity index (χ2v) is 7.76. The molecule has 0 spiro atoms. The van der Waals surface area contributed by atoms with Crippen molar-refractivity contribution in [1.29, 1.82) is 0 Å². The quantitative estimate of drug-likeness (QED) is 0.527. The van der Waals surface area contributed by atoms with E-state index in [-0.39, 0.29) is 25.3 Å². The Morgan fingerprint density at radius 3 is 2.76 bits per heavy atom. The van der Waals surface area contributed by atoms with Crippen molar-refractivity contribution in [2.24, 2.45) is 0 Å². The molecule has 1 atom stereocenters. The average molecular weight is 399 g/mol. The van der Waals surface area contributed by atoms with Crippen molar-refractivity contribution in [3.05, 3.63) is 46.0 Å². The minimum Gasteiger partial charge on any atom is -0.464 e. The SMILES string of the molecule is O=C(CCc1cc2cc3c(C4CCCC4)coc3cc2oc1=O)NCC(O)CO. The third-order valence-corrected chi connectivity index (χ3v) is 5.69. The number of aryl methyl sites for hydroxylation is 1. The van der Waals surface area contributed by atoms with E-state index in [0.29, 0.717) is 17.1 Å². The van der Waals surface area contributed by atoms with Gasteiger partial charge in [0.15, 0.2) is 0 Å². The molecule has 4 rings (SSSR count). The van der Waals surface area contributed by atoms with Gasteiger partial charge in [-0.3, -0.25) is 4.79 Å². The number of amides is 1. The third kappa shape index (κ3) is 4.21. The Balaban J connectivity index is 1.56. The van der Waals surface area contributed by atoms with E-state index in [1.54, 1.807) is 12.1 Å². The Bertz CT molecular complexity index is 1080. The summed E-state index contributed by atoms with van der Waals surface area (Å²) in [6, 6.07) is 5.55. The summed E-state index contributed by atoms with van der Waals surface area (Å²) < 4.78 is 11.2. The van der Waals surface area contributed by atoms with Gasteiger partial charge in [-0.15, -0.1) is 0 Å². The molecule has 1 saturated carbocycles. The van der Waals surface area contributed by atoms with E-state index in [0.717, 1.165) is 16.4 Å². The van der Waals surface area contributed by atoms with Gasteiger partial charge in [0, 0.05) is 40.9 Å². The first kappa shape index (κ1) is 19.7. The van der Waals surface area contributed by atoms with Crippen LogP contribution in [0.25, 0.3) is 21.9 Å². The molecule has 0 radical (unpaired) electrons. The Morgan fingerprint density at radius 1 is 1.21 bits per heavy atom. The lowest BCUT2D eigenvalue weighted by Crippen LogP contribution is -2.34. The lowest BCUT2D eigenvalue weighted by Gasteiger charge is -2.09. The van der Waals surface area contributed by atoms with Crippen LogP contribution in [0.1, 0.15) is 49.1 Å². The van der Waals surface area contributed by atoms with E-state index in [2.05, 4.69) is 5.32 Å². The molecule has 154 valence electrons. The molecule has 3 aromatic rings. The molecule has 2 heterocycles. The topological polar surface area (TPSA) is 113 Å². The number of carbonyl (C=O) groups is 1. The molecule has 0 bridgehead atoms. The van der Waals surface area contributed by atoms with Crippen LogP contribution in [0.5, 0.6) is 0 Å². The molecule has 1 fully saturated rings. The fourth-order valence-electron chi connectivity index (χ4n) is 4.06. The zero-order valence-corrected chi connectivity index (χ0v) is 16.1. The fourth-order valence-corrected chi connectivity index (χ4v) is 4.06. The zero-order chi connectivity index (χ0) is 20.4. The number of nitrogens with one attached hydrogen (secondary N) is 1. The minimum absolute atomic E-state index is 0.0237. The lowest BCUT2D eigenvalue weighted by molar-refractivity contribution is -0.121. The van der Waals surface area contributed by atoms with Crippen LogP contribution in [0.4, 0.5) is 0 Å². The van der Waals surface area contributed by atoms with Gasteiger partial charge in [0.2, 0.25) is 5.91 Å². The number of hydrogen-bond donors (Lipinski definition) is 3. The number of carbonyl (C=O) groups excluding carboxylic acids is 1. The third-order valence-electron chi connectivity index (χ3n) is 5.69. The molecule has 7 heteroatoms. The molecular formula is C22H25NO6. The van der Waals surface area contributed by atoms with Crippen molar-refractivity contribution in [3.8, 4) is 0 Å². The summed E-state index contributed by atoms with van der Waals surface area (Å²) in [6.07, 6.45) is 5.97. The average Bonchev–Trinajstić information content (AvgIpc) is 3.38. The maximum absolute atomic E-state index is 12.3. The number of benzene rings is 1. The summed E-state index contributed by atoms with van der Waals surface area (Å²) in [5, 5.41) is 22.5. The highest BCUT2D eigenvalue weighted by molar-refractivity contribution is 5.95. The number of aliphatic hydroxyl groups is 2. The number of hydrogen-bond acceptors (Lipinski definition) is 6. The molecule has 1 aliphatic carbocycles. The maximum Gasteiger partial charge on any atom is 0.339 e. The second kappa shape index (κ2) is 8.39. The number of aliphatic hydroxyl groups excluding tert-OH is 2. The summed E-state index contributed by atoms with van der Waals surface area (Å²) in [6.45, 7) is -0.441. The van der Waals surface area contributed by atoms with E-state index in [1.165, 1.54) is 31.2 Å². The molecule has 0 aliphatic heterocycles. The van der Waals surface area contributed by atoms with Crippen LogP contribution in [0.15, 0.2) is 38.1 Å². The molecule has 29 heavy (non-hydrogen) atoms. The standard InChI is InChI=1S/C22H25NO6/c24-11-16(25)10-23-21(26)6-5-14-7-15-8-17-18(13-3-1-2-4-13)12-28-20(17)9-19(15)29-22(14)27/h7-9,12-13,16,24-25H,1-6,10-11H2,(H,23,26). The molecule has 1 unspecified atom stereocenters. The number of furan rings is 1. The van der Waals surface area contributed by atoms with E-state index < -0.39 is 18.3 Å². The fraction of sp³-hybridized carbons (Fsp3) is 0.455. The van der Waals surface area contributed by atoms with Crippen molar-refractivity contribution in [2.45, 2.75) is 50.5 Å². The molecular weight excluding hydrogens is 374 g/mol. The Kier molecular flexibility index (Phi) is 5.69. The summed E-state index contributed by atoms with van der Waals surface area (Å²) in [7, 11) is 0. The van der Waals surface area contributed by atoms with Crippen LogP contribution in [0.3, 0.4) is 0 Å². The summed E-state index contributed by atoms with van der Waals surface area (Å²) in [5.41, 5.74) is 2.36. The predicted molar refractivity (Wildman–Crippen MR) is 108 cm³/mol. The molecule has 1 aromatic carbocycles. The maximum atomic E-state index is 12.3. The highest BCUT2D eigenvalue weighted by Gasteiger charge is 2.22. The first-order chi connectivity index (χ1) is 14.0. The van der Waals surface area contributed by atoms with Gasteiger partial charge in [-0.2, -0.15) is 0 Å². The van der Waals surface area contributed by atoms with Crippen LogP contribution in [-0.4, -0.2) is 35.4 Å². The molecule has 7 nitrogen and oxygen atoms in total. The lowest BCUT2D eigenvalue weighted by atomic mass is 9.96.